The van der Waals surface area contributed by atoms with Gasteiger partial charge in [0.1, 0.15) is 6.07 Å². The van der Waals surface area contributed by atoms with Gasteiger partial charge in [-0.2, -0.15) is 5.26 Å². The summed E-state index contributed by atoms with van der Waals surface area (Å²) < 4.78 is 29.7. The van der Waals surface area contributed by atoms with Crippen LogP contribution in [0.2, 0.25) is 0 Å². The predicted octanol–water partition coefficient (Wildman–Crippen LogP) is 1.19. The molecule has 0 aromatic carbocycles. The molecular weight excluding hydrogens is 232 g/mol. The Bertz CT molecular complexity index is 483. The molecule has 0 aliphatic rings. The van der Waals surface area contributed by atoms with Gasteiger partial charge in [0.2, 0.25) is 0 Å². The molecule has 0 bridgehead atoms. The molecule has 0 fully saturated rings. The Balaban J connectivity index is 3.31. The number of pyridine rings is 1. The average molecular weight is 241 g/mol. The van der Waals surface area contributed by atoms with Crippen molar-refractivity contribution in [1.29, 1.82) is 5.26 Å². The largest absolute Gasteiger partial charge is 0.469 e. The van der Waals surface area contributed by atoms with Crippen LogP contribution in [0.5, 0.6) is 0 Å². The number of aromatic nitrogens is 1. The second kappa shape index (κ2) is 5.21. The zero-order valence-corrected chi connectivity index (χ0v) is 8.91. The molecule has 0 aliphatic carbocycles. The fraction of sp³-hybridized carbons (Fsp3) is 0.300. The highest BCUT2D eigenvalue weighted by Gasteiger charge is 2.21. The Kier molecular flexibility index (Phi) is 3.93. The molecule has 1 aromatic rings. The van der Waals surface area contributed by atoms with E-state index in [-0.39, 0.29) is 16.9 Å². The third kappa shape index (κ3) is 2.66. The Hall–Kier alpha value is -2.23. The van der Waals surface area contributed by atoms with Crippen molar-refractivity contribution >= 4 is 11.7 Å². The van der Waals surface area contributed by atoms with E-state index in [1.807, 2.05) is 0 Å². The van der Waals surface area contributed by atoms with Crippen molar-refractivity contribution in [3.8, 4) is 6.07 Å². The first-order chi connectivity index (χ1) is 8.01. The van der Waals surface area contributed by atoms with Gasteiger partial charge in [0.05, 0.1) is 19.2 Å². The van der Waals surface area contributed by atoms with Gasteiger partial charge in [0.25, 0.3) is 6.43 Å². The van der Waals surface area contributed by atoms with Gasteiger partial charge in [0.15, 0.2) is 5.69 Å². The van der Waals surface area contributed by atoms with Crippen LogP contribution >= 0.6 is 0 Å². The van der Waals surface area contributed by atoms with Gasteiger partial charge in [0, 0.05) is 11.8 Å². The summed E-state index contributed by atoms with van der Waals surface area (Å²) in [5, 5.41) is 8.67. The molecule has 0 aliphatic heterocycles. The fourth-order valence-corrected chi connectivity index (χ4v) is 1.27. The number of hydrogen-bond acceptors (Lipinski definition) is 5. The van der Waals surface area contributed by atoms with E-state index in [1.54, 1.807) is 6.07 Å². The van der Waals surface area contributed by atoms with E-state index in [1.165, 1.54) is 0 Å². The number of alkyl halides is 2. The number of rotatable bonds is 3. The minimum atomic E-state index is -2.82. The van der Waals surface area contributed by atoms with Crippen molar-refractivity contribution < 1.29 is 18.3 Å². The van der Waals surface area contributed by atoms with Crippen LogP contribution in [0.15, 0.2) is 6.20 Å². The first kappa shape index (κ1) is 12.8. The molecule has 0 saturated carbocycles. The number of nitrogens with zero attached hydrogens (tertiary/aromatic N) is 2. The third-order valence-electron chi connectivity index (χ3n) is 2.15. The number of anilines is 1. The predicted molar refractivity (Wildman–Crippen MR) is 54.0 cm³/mol. The SMILES string of the molecule is COC(=O)Cc1c(C(F)F)cnc(C#N)c1N. The summed E-state index contributed by atoms with van der Waals surface area (Å²) in [5.41, 5.74) is 4.53. The maximum absolute atomic E-state index is 12.7. The topological polar surface area (TPSA) is 89.0 Å². The van der Waals surface area contributed by atoms with Gasteiger partial charge in [-0.15, -0.1) is 0 Å². The normalized spacial score (nSPS) is 10.1. The van der Waals surface area contributed by atoms with Crippen LogP contribution < -0.4 is 5.73 Å². The second-order valence-corrected chi connectivity index (χ2v) is 3.12. The molecule has 1 heterocycles. The van der Waals surface area contributed by atoms with Crippen LogP contribution in [0, 0.1) is 11.3 Å². The number of carbonyl (C=O) groups excluding carboxylic acids is 1. The van der Waals surface area contributed by atoms with Crippen LogP contribution in [0.3, 0.4) is 0 Å². The van der Waals surface area contributed by atoms with Gasteiger partial charge in [-0.05, 0) is 5.56 Å². The van der Waals surface area contributed by atoms with Crippen LogP contribution in [-0.4, -0.2) is 18.1 Å². The van der Waals surface area contributed by atoms with E-state index >= 15 is 0 Å². The molecule has 7 heteroatoms. The molecule has 0 atom stereocenters. The van der Waals surface area contributed by atoms with Crippen molar-refractivity contribution in [3.63, 3.8) is 0 Å². The maximum Gasteiger partial charge on any atom is 0.310 e. The molecular formula is C10H9F2N3O2. The number of ether oxygens (including phenoxy) is 1. The average Bonchev–Trinajstić information content (AvgIpc) is 2.30. The lowest BCUT2D eigenvalue weighted by Crippen LogP contribution is -2.12. The summed E-state index contributed by atoms with van der Waals surface area (Å²) in [4.78, 5) is 14.6. The van der Waals surface area contributed by atoms with Crippen LogP contribution in [0.1, 0.15) is 23.2 Å². The molecule has 2 N–H and O–H groups in total. The summed E-state index contributed by atoms with van der Waals surface area (Å²) in [6, 6.07) is 1.66. The molecule has 0 unspecified atom stereocenters. The van der Waals surface area contributed by atoms with E-state index in [4.69, 9.17) is 11.0 Å². The smallest absolute Gasteiger partial charge is 0.310 e. The van der Waals surface area contributed by atoms with Crippen molar-refractivity contribution in [2.24, 2.45) is 0 Å². The number of methoxy groups -OCH3 is 1. The lowest BCUT2D eigenvalue weighted by atomic mass is 10.0. The minimum absolute atomic E-state index is 0.113. The monoisotopic (exact) mass is 241 g/mol. The van der Waals surface area contributed by atoms with E-state index in [0.29, 0.717) is 0 Å². The number of hydrogen-bond donors (Lipinski definition) is 1. The number of nitriles is 1. The van der Waals surface area contributed by atoms with Gasteiger partial charge in [-0.25, -0.2) is 13.8 Å². The molecule has 0 spiro atoms. The summed E-state index contributed by atoms with van der Waals surface area (Å²) >= 11 is 0. The first-order valence-electron chi connectivity index (χ1n) is 4.53. The number of esters is 1. The van der Waals surface area contributed by atoms with Crippen LogP contribution in [0.25, 0.3) is 0 Å². The Morgan fingerprint density at radius 2 is 2.35 bits per heavy atom. The molecule has 0 saturated heterocycles. The third-order valence-corrected chi connectivity index (χ3v) is 2.15. The molecule has 5 nitrogen and oxygen atoms in total. The van der Waals surface area contributed by atoms with Crippen molar-refractivity contribution in [3.05, 3.63) is 23.0 Å². The second-order valence-electron chi connectivity index (χ2n) is 3.12. The highest BCUT2D eigenvalue weighted by molar-refractivity contribution is 5.76. The Morgan fingerprint density at radius 3 is 2.82 bits per heavy atom. The van der Waals surface area contributed by atoms with Gasteiger partial charge < -0.3 is 10.5 Å². The number of carbonyl (C=O) groups is 1. The number of nitrogens with two attached hydrogens (primary N) is 1. The van der Waals surface area contributed by atoms with Gasteiger partial charge in [-0.1, -0.05) is 0 Å². The summed E-state index contributed by atoms with van der Waals surface area (Å²) in [6.07, 6.45) is -2.39. The number of nitrogen functional groups attached to an aromatic ring is 1. The van der Waals surface area contributed by atoms with Crippen LogP contribution in [-0.2, 0) is 16.0 Å². The first-order valence-corrected chi connectivity index (χ1v) is 4.53. The molecule has 0 amide bonds. The van der Waals surface area contributed by atoms with Crippen molar-refractivity contribution in [1.82, 2.24) is 4.98 Å². The molecule has 1 rings (SSSR count). The fourth-order valence-electron chi connectivity index (χ4n) is 1.27. The molecule has 90 valence electrons. The zero-order valence-electron chi connectivity index (χ0n) is 8.91. The quantitative estimate of drug-likeness (QED) is 0.803. The van der Waals surface area contributed by atoms with Gasteiger partial charge >= 0.3 is 5.97 Å². The molecule has 17 heavy (non-hydrogen) atoms. The van der Waals surface area contributed by atoms with E-state index in [0.717, 1.165) is 13.3 Å². The zero-order chi connectivity index (χ0) is 13.0. The highest BCUT2D eigenvalue weighted by Crippen LogP contribution is 2.28. The summed E-state index contributed by atoms with van der Waals surface area (Å²) in [5.74, 6) is -0.714. The van der Waals surface area contributed by atoms with Crippen molar-refractivity contribution in [2.75, 3.05) is 12.8 Å². The molecule has 0 radical (unpaired) electrons. The van der Waals surface area contributed by atoms with Crippen LogP contribution in [0.4, 0.5) is 14.5 Å². The minimum Gasteiger partial charge on any atom is -0.469 e. The summed E-state index contributed by atoms with van der Waals surface area (Å²) in [6.45, 7) is 0. The van der Waals surface area contributed by atoms with E-state index in [9.17, 15) is 13.6 Å². The Labute approximate surface area is 95.8 Å². The number of halogens is 2. The van der Waals surface area contributed by atoms with E-state index < -0.39 is 24.4 Å². The molecule has 1 aromatic heterocycles. The standard InChI is InChI=1S/C10H9F2N3O2/c1-17-8(16)2-5-6(10(11)12)4-15-7(3-13)9(5)14/h4,10H,2,14H2,1H3. The lowest BCUT2D eigenvalue weighted by Gasteiger charge is -2.11. The Morgan fingerprint density at radius 1 is 1.71 bits per heavy atom. The maximum atomic E-state index is 12.7. The van der Waals surface area contributed by atoms with E-state index in [2.05, 4.69) is 9.72 Å². The van der Waals surface area contributed by atoms with Gasteiger partial charge in [-0.3, -0.25) is 4.79 Å². The lowest BCUT2D eigenvalue weighted by molar-refractivity contribution is -0.139. The highest BCUT2D eigenvalue weighted by atomic mass is 19.3. The van der Waals surface area contributed by atoms with Crippen molar-refractivity contribution in [2.45, 2.75) is 12.8 Å². The summed E-state index contributed by atoms with van der Waals surface area (Å²) in [7, 11) is 1.13.